The van der Waals surface area contributed by atoms with Crippen molar-refractivity contribution in [2.45, 2.75) is 63.1 Å². The molecule has 0 amide bonds. The van der Waals surface area contributed by atoms with E-state index in [9.17, 15) is 0 Å². The van der Waals surface area contributed by atoms with Crippen molar-refractivity contribution in [2.75, 3.05) is 20.2 Å². The summed E-state index contributed by atoms with van der Waals surface area (Å²) in [6.07, 6.45) is 9.74. The van der Waals surface area contributed by atoms with E-state index in [2.05, 4.69) is 10.6 Å². The smallest absolute Gasteiger partial charge is 0.0724 e. The van der Waals surface area contributed by atoms with E-state index in [1.165, 1.54) is 51.5 Å². The van der Waals surface area contributed by atoms with Gasteiger partial charge in [-0.2, -0.15) is 0 Å². The number of rotatable bonds is 4. The van der Waals surface area contributed by atoms with Crippen molar-refractivity contribution in [3.8, 4) is 0 Å². The van der Waals surface area contributed by atoms with Crippen molar-refractivity contribution in [3.63, 3.8) is 0 Å². The summed E-state index contributed by atoms with van der Waals surface area (Å²) in [6, 6.07) is 1.27. The molecule has 1 heterocycles. The summed E-state index contributed by atoms with van der Waals surface area (Å²) in [5, 5.41) is 7.33. The second-order valence-electron chi connectivity index (χ2n) is 5.22. The third kappa shape index (κ3) is 3.44. The average molecular weight is 226 g/mol. The Balaban J connectivity index is 1.69. The molecule has 1 aliphatic carbocycles. The molecule has 1 aliphatic heterocycles. The van der Waals surface area contributed by atoms with Crippen molar-refractivity contribution in [1.82, 2.24) is 10.6 Å². The van der Waals surface area contributed by atoms with Crippen LogP contribution in [0.25, 0.3) is 0 Å². The maximum absolute atomic E-state index is 5.51. The summed E-state index contributed by atoms with van der Waals surface area (Å²) in [5.41, 5.74) is 0. The van der Waals surface area contributed by atoms with Gasteiger partial charge < -0.3 is 15.4 Å². The first kappa shape index (κ1) is 12.3. The topological polar surface area (TPSA) is 33.3 Å². The summed E-state index contributed by atoms with van der Waals surface area (Å²) in [7, 11) is 1.84. The normalized spacial score (nSPS) is 36.2. The van der Waals surface area contributed by atoms with Gasteiger partial charge in [0.2, 0.25) is 0 Å². The van der Waals surface area contributed by atoms with Gasteiger partial charge in [0.15, 0.2) is 0 Å². The zero-order valence-electron chi connectivity index (χ0n) is 10.5. The zero-order chi connectivity index (χ0) is 11.2. The van der Waals surface area contributed by atoms with E-state index in [0.29, 0.717) is 18.2 Å². The van der Waals surface area contributed by atoms with Gasteiger partial charge in [-0.15, -0.1) is 0 Å². The van der Waals surface area contributed by atoms with Crippen LogP contribution in [0.4, 0.5) is 0 Å². The molecular weight excluding hydrogens is 200 g/mol. The molecule has 3 heteroatoms. The molecule has 0 bridgehead atoms. The predicted octanol–water partition coefficient (Wildman–Crippen LogP) is 1.68. The summed E-state index contributed by atoms with van der Waals surface area (Å²) in [5.74, 6) is 0. The Morgan fingerprint density at radius 3 is 2.94 bits per heavy atom. The van der Waals surface area contributed by atoms with Gasteiger partial charge in [0.05, 0.1) is 6.10 Å². The van der Waals surface area contributed by atoms with Gasteiger partial charge in [-0.3, -0.25) is 0 Å². The highest BCUT2D eigenvalue weighted by Gasteiger charge is 2.27. The van der Waals surface area contributed by atoms with Crippen molar-refractivity contribution in [1.29, 1.82) is 0 Å². The van der Waals surface area contributed by atoms with Gasteiger partial charge in [-0.1, -0.05) is 12.8 Å². The minimum atomic E-state index is 0.450. The van der Waals surface area contributed by atoms with Crippen LogP contribution in [0.3, 0.4) is 0 Å². The van der Waals surface area contributed by atoms with E-state index in [4.69, 9.17) is 4.74 Å². The standard InChI is InChI=1S/C13H26N2O/c1-16-13-8-5-7-12(13)15-10-11-6-3-2-4-9-14-11/h11-15H,2-10H2,1H3. The Kier molecular flexibility index (Phi) is 5.07. The van der Waals surface area contributed by atoms with Crippen molar-refractivity contribution >= 4 is 0 Å². The fourth-order valence-corrected chi connectivity index (χ4v) is 3.01. The fraction of sp³-hybridized carbons (Fsp3) is 1.00. The van der Waals surface area contributed by atoms with Crippen LogP contribution in [-0.2, 0) is 4.74 Å². The van der Waals surface area contributed by atoms with Crippen LogP contribution in [0, 0.1) is 0 Å². The summed E-state index contributed by atoms with van der Waals surface area (Å²) >= 11 is 0. The van der Waals surface area contributed by atoms with E-state index in [1.54, 1.807) is 0 Å². The molecule has 0 aromatic carbocycles. The Bertz CT molecular complexity index is 190. The van der Waals surface area contributed by atoms with Crippen LogP contribution in [0.2, 0.25) is 0 Å². The molecule has 0 aromatic heterocycles. The van der Waals surface area contributed by atoms with Gasteiger partial charge >= 0.3 is 0 Å². The Labute approximate surface area is 99.3 Å². The first-order chi connectivity index (χ1) is 7.90. The quantitative estimate of drug-likeness (QED) is 0.765. The highest BCUT2D eigenvalue weighted by atomic mass is 16.5. The molecule has 0 aromatic rings. The number of ether oxygens (including phenoxy) is 1. The van der Waals surface area contributed by atoms with Crippen LogP contribution in [0.15, 0.2) is 0 Å². The molecular formula is C13H26N2O. The predicted molar refractivity (Wildman–Crippen MR) is 66.7 cm³/mol. The van der Waals surface area contributed by atoms with Gasteiger partial charge in [-0.25, -0.2) is 0 Å². The van der Waals surface area contributed by atoms with Gasteiger partial charge in [0.25, 0.3) is 0 Å². The number of methoxy groups -OCH3 is 1. The maximum atomic E-state index is 5.51. The molecule has 3 nitrogen and oxygen atoms in total. The van der Waals surface area contributed by atoms with E-state index < -0.39 is 0 Å². The number of hydrogen-bond acceptors (Lipinski definition) is 3. The molecule has 3 atom stereocenters. The second-order valence-corrected chi connectivity index (χ2v) is 5.22. The zero-order valence-corrected chi connectivity index (χ0v) is 10.5. The minimum absolute atomic E-state index is 0.450. The Morgan fingerprint density at radius 1 is 1.12 bits per heavy atom. The summed E-state index contributed by atoms with van der Waals surface area (Å²) in [6.45, 7) is 2.31. The van der Waals surface area contributed by atoms with E-state index in [1.807, 2.05) is 7.11 Å². The lowest BCUT2D eigenvalue weighted by molar-refractivity contribution is 0.0844. The largest absolute Gasteiger partial charge is 0.380 e. The molecule has 1 saturated carbocycles. The van der Waals surface area contributed by atoms with Crippen LogP contribution >= 0.6 is 0 Å². The molecule has 3 unspecified atom stereocenters. The molecule has 0 spiro atoms. The first-order valence-corrected chi connectivity index (χ1v) is 6.89. The minimum Gasteiger partial charge on any atom is -0.380 e. The van der Waals surface area contributed by atoms with E-state index >= 15 is 0 Å². The number of nitrogens with one attached hydrogen (secondary N) is 2. The molecule has 16 heavy (non-hydrogen) atoms. The molecule has 0 radical (unpaired) electrons. The van der Waals surface area contributed by atoms with E-state index in [-0.39, 0.29) is 0 Å². The average Bonchev–Trinajstić information content (AvgIpc) is 2.60. The monoisotopic (exact) mass is 226 g/mol. The van der Waals surface area contributed by atoms with Crippen LogP contribution in [-0.4, -0.2) is 38.4 Å². The van der Waals surface area contributed by atoms with Crippen molar-refractivity contribution in [2.24, 2.45) is 0 Å². The van der Waals surface area contributed by atoms with Crippen LogP contribution in [0.1, 0.15) is 44.9 Å². The lowest BCUT2D eigenvalue weighted by atomic mass is 10.1. The summed E-state index contributed by atoms with van der Waals surface area (Å²) < 4.78 is 5.51. The third-order valence-electron chi connectivity index (χ3n) is 4.04. The van der Waals surface area contributed by atoms with Gasteiger partial charge in [-0.05, 0) is 38.6 Å². The number of hydrogen-bond donors (Lipinski definition) is 2. The third-order valence-corrected chi connectivity index (χ3v) is 4.04. The molecule has 2 aliphatic rings. The van der Waals surface area contributed by atoms with E-state index in [0.717, 1.165) is 6.54 Å². The molecule has 1 saturated heterocycles. The summed E-state index contributed by atoms with van der Waals surface area (Å²) in [4.78, 5) is 0. The molecule has 2 rings (SSSR count). The molecule has 2 fully saturated rings. The van der Waals surface area contributed by atoms with Crippen LogP contribution < -0.4 is 10.6 Å². The maximum Gasteiger partial charge on any atom is 0.0724 e. The highest BCUT2D eigenvalue weighted by molar-refractivity contribution is 4.85. The lowest BCUT2D eigenvalue weighted by Gasteiger charge is -2.23. The molecule has 2 N–H and O–H groups in total. The highest BCUT2D eigenvalue weighted by Crippen LogP contribution is 2.21. The first-order valence-electron chi connectivity index (χ1n) is 6.89. The fourth-order valence-electron chi connectivity index (χ4n) is 3.01. The lowest BCUT2D eigenvalue weighted by Crippen LogP contribution is -2.45. The van der Waals surface area contributed by atoms with Gasteiger partial charge in [0.1, 0.15) is 0 Å². The molecule has 94 valence electrons. The van der Waals surface area contributed by atoms with Crippen LogP contribution in [0.5, 0.6) is 0 Å². The van der Waals surface area contributed by atoms with Crippen molar-refractivity contribution < 1.29 is 4.74 Å². The van der Waals surface area contributed by atoms with Gasteiger partial charge in [0, 0.05) is 25.7 Å². The second kappa shape index (κ2) is 6.58. The Morgan fingerprint density at radius 2 is 2.06 bits per heavy atom. The SMILES string of the molecule is COC1CCCC1NCC1CCCCCN1. The van der Waals surface area contributed by atoms with Crippen molar-refractivity contribution in [3.05, 3.63) is 0 Å². The Hall–Kier alpha value is -0.120.